The molecule has 2 aromatic rings. The average molecular weight is 326 g/mol. The highest BCUT2D eigenvalue weighted by atomic mass is 35.5. The first-order valence-corrected chi connectivity index (χ1v) is 6.93. The van der Waals surface area contributed by atoms with Gasteiger partial charge in [0, 0.05) is 11.1 Å². The predicted molar refractivity (Wildman–Crippen MR) is 81.3 cm³/mol. The van der Waals surface area contributed by atoms with Gasteiger partial charge in [-0.2, -0.15) is 0 Å². The molecular formula is C16H14ClF2NO2. The van der Waals surface area contributed by atoms with E-state index in [0.717, 1.165) is 17.7 Å². The third-order valence-corrected chi connectivity index (χ3v) is 3.23. The van der Waals surface area contributed by atoms with Crippen LogP contribution in [-0.2, 0) is 4.79 Å². The number of benzene rings is 2. The normalized spacial score (nSPS) is 11.9. The minimum Gasteiger partial charge on any atom is -0.481 e. The van der Waals surface area contributed by atoms with Crippen LogP contribution in [0.2, 0.25) is 5.02 Å². The topological polar surface area (TPSA) is 38.3 Å². The monoisotopic (exact) mass is 325 g/mol. The van der Waals surface area contributed by atoms with Crippen LogP contribution < -0.4 is 10.1 Å². The number of nitrogens with one attached hydrogen (secondary N) is 1. The fraction of sp³-hybridized carbons (Fsp3) is 0.188. The maximum absolute atomic E-state index is 13.5. The number of carbonyl (C=O) groups excluding carboxylic acids is 1. The summed E-state index contributed by atoms with van der Waals surface area (Å²) in [6.07, 6.45) is -0.857. The maximum atomic E-state index is 13.5. The summed E-state index contributed by atoms with van der Waals surface area (Å²) in [5.74, 6) is -1.59. The molecule has 0 aliphatic carbocycles. The lowest BCUT2D eigenvalue weighted by atomic mass is 10.2. The minimum atomic E-state index is -0.857. The fourth-order valence-electron chi connectivity index (χ4n) is 1.81. The van der Waals surface area contributed by atoms with Gasteiger partial charge in [-0.05, 0) is 49.7 Å². The number of rotatable bonds is 4. The first kappa shape index (κ1) is 16.2. The lowest BCUT2D eigenvalue weighted by Gasteiger charge is -2.16. The van der Waals surface area contributed by atoms with Crippen molar-refractivity contribution < 1.29 is 18.3 Å². The van der Waals surface area contributed by atoms with E-state index < -0.39 is 23.6 Å². The largest absolute Gasteiger partial charge is 0.481 e. The molecule has 0 radical (unpaired) electrons. The zero-order valence-electron chi connectivity index (χ0n) is 12.0. The molecule has 0 aliphatic heterocycles. The molecule has 1 amide bonds. The van der Waals surface area contributed by atoms with Gasteiger partial charge in [-0.3, -0.25) is 4.79 Å². The third kappa shape index (κ3) is 3.95. The van der Waals surface area contributed by atoms with Crippen LogP contribution in [0.1, 0.15) is 12.5 Å². The molecule has 22 heavy (non-hydrogen) atoms. The van der Waals surface area contributed by atoms with Crippen molar-refractivity contribution in [3.05, 3.63) is 58.6 Å². The van der Waals surface area contributed by atoms with Crippen molar-refractivity contribution in [3.63, 3.8) is 0 Å². The van der Waals surface area contributed by atoms with Gasteiger partial charge in [0.15, 0.2) is 6.10 Å². The molecule has 2 rings (SSSR count). The molecule has 0 saturated carbocycles. The SMILES string of the molecule is Cc1cc(Cl)ccc1OC(C)C(=O)Nc1ccc(F)cc1F. The van der Waals surface area contributed by atoms with Crippen LogP contribution in [-0.4, -0.2) is 12.0 Å². The molecule has 3 nitrogen and oxygen atoms in total. The van der Waals surface area contributed by atoms with E-state index in [9.17, 15) is 13.6 Å². The van der Waals surface area contributed by atoms with Crippen LogP contribution in [0, 0.1) is 18.6 Å². The second kappa shape index (κ2) is 6.75. The zero-order chi connectivity index (χ0) is 16.3. The Balaban J connectivity index is 2.05. The summed E-state index contributed by atoms with van der Waals surface area (Å²) in [5, 5.41) is 2.92. The van der Waals surface area contributed by atoms with Crippen molar-refractivity contribution >= 4 is 23.2 Å². The van der Waals surface area contributed by atoms with Crippen LogP contribution in [0.15, 0.2) is 36.4 Å². The molecule has 116 valence electrons. The smallest absolute Gasteiger partial charge is 0.265 e. The highest BCUT2D eigenvalue weighted by molar-refractivity contribution is 6.30. The summed E-state index contributed by atoms with van der Waals surface area (Å²) < 4.78 is 31.8. The zero-order valence-corrected chi connectivity index (χ0v) is 12.7. The number of hydrogen-bond donors (Lipinski definition) is 1. The van der Waals surface area contributed by atoms with Crippen molar-refractivity contribution in [2.24, 2.45) is 0 Å². The molecule has 6 heteroatoms. The first-order chi connectivity index (χ1) is 10.4. The van der Waals surface area contributed by atoms with Gasteiger partial charge in [0.05, 0.1) is 5.69 Å². The molecule has 1 atom stereocenters. The molecule has 1 unspecified atom stereocenters. The molecule has 0 aromatic heterocycles. The Hall–Kier alpha value is -2.14. The van der Waals surface area contributed by atoms with E-state index in [-0.39, 0.29) is 5.69 Å². The molecule has 0 aliphatic rings. The Bertz CT molecular complexity index is 707. The quantitative estimate of drug-likeness (QED) is 0.908. The summed E-state index contributed by atoms with van der Waals surface area (Å²) in [5.41, 5.74) is 0.676. The number of amides is 1. The van der Waals surface area contributed by atoms with E-state index in [2.05, 4.69) is 5.32 Å². The molecule has 1 N–H and O–H groups in total. The van der Waals surface area contributed by atoms with Gasteiger partial charge in [-0.15, -0.1) is 0 Å². The second-order valence-electron chi connectivity index (χ2n) is 4.78. The van der Waals surface area contributed by atoms with Gasteiger partial charge >= 0.3 is 0 Å². The van der Waals surface area contributed by atoms with Gasteiger partial charge < -0.3 is 10.1 Å². The number of ether oxygens (including phenoxy) is 1. The predicted octanol–water partition coefficient (Wildman–Crippen LogP) is 4.33. The van der Waals surface area contributed by atoms with Crippen molar-refractivity contribution in [3.8, 4) is 5.75 Å². The number of carbonyl (C=O) groups is 1. The van der Waals surface area contributed by atoms with Crippen molar-refractivity contribution in [1.82, 2.24) is 0 Å². The van der Waals surface area contributed by atoms with Gasteiger partial charge in [0.1, 0.15) is 17.4 Å². The molecular weight excluding hydrogens is 312 g/mol. The Morgan fingerprint density at radius 1 is 1.23 bits per heavy atom. The summed E-state index contributed by atoms with van der Waals surface area (Å²) in [4.78, 5) is 12.0. The first-order valence-electron chi connectivity index (χ1n) is 6.55. The van der Waals surface area contributed by atoms with Crippen molar-refractivity contribution in [2.45, 2.75) is 20.0 Å². The van der Waals surface area contributed by atoms with Crippen LogP contribution >= 0.6 is 11.6 Å². The van der Waals surface area contributed by atoms with Gasteiger partial charge in [0.25, 0.3) is 5.91 Å². The Morgan fingerprint density at radius 3 is 2.59 bits per heavy atom. The van der Waals surface area contributed by atoms with Gasteiger partial charge in [-0.1, -0.05) is 11.6 Å². The van der Waals surface area contributed by atoms with Crippen LogP contribution in [0.25, 0.3) is 0 Å². The standard InChI is InChI=1S/C16H14ClF2NO2/c1-9-7-11(17)3-6-15(9)22-10(2)16(21)20-14-5-4-12(18)8-13(14)19/h3-8,10H,1-2H3,(H,20,21). The highest BCUT2D eigenvalue weighted by Crippen LogP contribution is 2.23. The molecule has 0 spiro atoms. The summed E-state index contributed by atoms with van der Waals surface area (Å²) in [7, 11) is 0. The van der Waals surface area contributed by atoms with E-state index in [1.807, 2.05) is 0 Å². The summed E-state index contributed by atoms with van der Waals surface area (Å²) in [6.45, 7) is 3.33. The van der Waals surface area contributed by atoms with Crippen LogP contribution in [0.5, 0.6) is 5.75 Å². The average Bonchev–Trinajstić information content (AvgIpc) is 2.44. The minimum absolute atomic E-state index is 0.102. The lowest BCUT2D eigenvalue weighted by molar-refractivity contribution is -0.122. The molecule has 0 saturated heterocycles. The summed E-state index contributed by atoms with van der Waals surface area (Å²) >= 11 is 5.85. The van der Waals surface area contributed by atoms with E-state index in [4.69, 9.17) is 16.3 Å². The fourth-order valence-corrected chi connectivity index (χ4v) is 2.04. The van der Waals surface area contributed by atoms with E-state index in [1.165, 1.54) is 6.92 Å². The highest BCUT2D eigenvalue weighted by Gasteiger charge is 2.17. The number of halogens is 3. The lowest BCUT2D eigenvalue weighted by Crippen LogP contribution is -2.30. The Labute approximate surface area is 131 Å². The van der Waals surface area contributed by atoms with Crippen LogP contribution in [0.3, 0.4) is 0 Å². The van der Waals surface area contributed by atoms with Crippen molar-refractivity contribution in [2.75, 3.05) is 5.32 Å². The van der Waals surface area contributed by atoms with Gasteiger partial charge in [-0.25, -0.2) is 8.78 Å². The maximum Gasteiger partial charge on any atom is 0.265 e. The van der Waals surface area contributed by atoms with Crippen molar-refractivity contribution in [1.29, 1.82) is 0 Å². The van der Waals surface area contributed by atoms with Crippen LogP contribution in [0.4, 0.5) is 14.5 Å². The number of anilines is 1. The summed E-state index contributed by atoms with van der Waals surface area (Å²) in [6, 6.07) is 7.93. The number of hydrogen-bond acceptors (Lipinski definition) is 2. The number of aryl methyl sites for hydroxylation is 1. The third-order valence-electron chi connectivity index (χ3n) is 3.00. The van der Waals surface area contributed by atoms with E-state index in [1.54, 1.807) is 25.1 Å². The molecule has 0 heterocycles. The van der Waals surface area contributed by atoms with Gasteiger partial charge in [0.2, 0.25) is 0 Å². The van der Waals surface area contributed by atoms with E-state index >= 15 is 0 Å². The molecule has 2 aromatic carbocycles. The molecule has 0 bridgehead atoms. The van der Waals surface area contributed by atoms with E-state index in [0.29, 0.717) is 16.8 Å². The Kier molecular flexibility index (Phi) is 4.98. The Morgan fingerprint density at radius 2 is 1.95 bits per heavy atom. The second-order valence-corrected chi connectivity index (χ2v) is 5.22. The molecule has 0 fully saturated rings.